The molecular weight excluding hydrogens is 454 g/mol. The lowest BCUT2D eigenvalue weighted by atomic mass is 9.77. The Morgan fingerprint density at radius 2 is 1.61 bits per heavy atom. The molecule has 7 heteroatoms. The van der Waals surface area contributed by atoms with Gasteiger partial charge in [0.25, 0.3) is 5.91 Å². The largest absolute Gasteiger partial charge is 0.496 e. The molecule has 0 saturated heterocycles. The van der Waals surface area contributed by atoms with E-state index in [-0.39, 0.29) is 17.7 Å². The Labute approximate surface area is 213 Å². The lowest BCUT2D eigenvalue weighted by Crippen LogP contribution is -2.44. The fourth-order valence-electron chi connectivity index (χ4n) is 5.91. The third-order valence-electron chi connectivity index (χ3n) is 8.53. The highest BCUT2D eigenvalue weighted by Gasteiger charge is 2.32. The van der Waals surface area contributed by atoms with Crippen LogP contribution in [-0.4, -0.2) is 41.7 Å². The predicted octanol–water partition coefficient (Wildman–Crippen LogP) is 5.73. The number of methoxy groups -OCH3 is 2. The van der Waals surface area contributed by atoms with Crippen molar-refractivity contribution >= 4 is 11.7 Å². The molecule has 0 unspecified atom stereocenters. The van der Waals surface area contributed by atoms with Gasteiger partial charge in [0.1, 0.15) is 11.5 Å². The highest BCUT2D eigenvalue weighted by atomic mass is 16.5. The van der Waals surface area contributed by atoms with Gasteiger partial charge in [-0.3, -0.25) is 14.3 Å². The molecule has 1 heterocycles. The number of hydrogen-bond donors (Lipinski definition) is 1. The second-order valence-electron chi connectivity index (χ2n) is 10.9. The van der Waals surface area contributed by atoms with Gasteiger partial charge < -0.3 is 14.8 Å². The van der Waals surface area contributed by atoms with Crippen LogP contribution in [0.25, 0.3) is 11.3 Å². The number of ketones is 1. The molecule has 2 aromatic rings. The molecule has 3 fully saturated rings. The van der Waals surface area contributed by atoms with E-state index in [9.17, 15) is 9.59 Å². The second-order valence-corrected chi connectivity index (χ2v) is 10.9. The van der Waals surface area contributed by atoms with Crippen LogP contribution in [0.1, 0.15) is 93.6 Å². The normalized spacial score (nSPS) is 19.4. The van der Waals surface area contributed by atoms with E-state index < -0.39 is 6.04 Å². The number of nitrogens with zero attached hydrogens (tertiary/aromatic N) is 2. The summed E-state index contributed by atoms with van der Waals surface area (Å²) < 4.78 is 13.3. The van der Waals surface area contributed by atoms with Gasteiger partial charge in [-0.05, 0) is 49.3 Å². The van der Waals surface area contributed by atoms with Crippen molar-refractivity contribution in [3.8, 4) is 22.8 Å². The molecule has 5 rings (SSSR count). The van der Waals surface area contributed by atoms with Crippen LogP contribution in [0.2, 0.25) is 0 Å². The zero-order chi connectivity index (χ0) is 25.1. The first kappa shape index (κ1) is 24.8. The van der Waals surface area contributed by atoms with Crippen LogP contribution < -0.4 is 14.8 Å². The molecule has 1 amide bonds. The summed E-state index contributed by atoms with van der Waals surface area (Å²) in [6, 6.07) is 7.33. The number of ether oxygens (including phenoxy) is 2. The summed E-state index contributed by atoms with van der Waals surface area (Å²) in [5, 5.41) is 7.91. The summed E-state index contributed by atoms with van der Waals surface area (Å²) in [6.07, 6.45) is 12.7. The van der Waals surface area contributed by atoms with Crippen LogP contribution in [0.5, 0.6) is 11.5 Å². The first-order valence-corrected chi connectivity index (χ1v) is 13.7. The van der Waals surface area contributed by atoms with Crippen LogP contribution >= 0.6 is 0 Å². The second kappa shape index (κ2) is 11.1. The molecule has 194 valence electrons. The maximum Gasteiger partial charge on any atom is 0.272 e. The van der Waals surface area contributed by atoms with E-state index in [0.717, 1.165) is 69.0 Å². The van der Waals surface area contributed by atoms with E-state index in [1.807, 2.05) is 28.9 Å². The van der Waals surface area contributed by atoms with Crippen molar-refractivity contribution in [2.45, 2.75) is 89.1 Å². The molecule has 7 nitrogen and oxygen atoms in total. The summed E-state index contributed by atoms with van der Waals surface area (Å²) in [5.74, 6) is 2.29. The van der Waals surface area contributed by atoms with Gasteiger partial charge >= 0.3 is 0 Å². The molecule has 1 aromatic carbocycles. The van der Waals surface area contributed by atoms with Crippen molar-refractivity contribution in [1.29, 1.82) is 0 Å². The molecule has 0 aliphatic heterocycles. The minimum absolute atomic E-state index is 0.182. The lowest BCUT2D eigenvalue weighted by Gasteiger charge is -2.31. The van der Waals surface area contributed by atoms with Gasteiger partial charge in [-0.2, -0.15) is 5.10 Å². The maximum absolute atomic E-state index is 13.5. The lowest BCUT2D eigenvalue weighted by molar-refractivity contribution is -0.123. The number of rotatable bonds is 11. The zero-order valence-electron chi connectivity index (χ0n) is 21.6. The SMILES string of the molecule is COc1cccc(OC)c1-c1cc(C(=O)N[C@@H](CC2CCC2)C(=O)CC2CCC2)nn1C1CCCC1. The van der Waals surface area contributed by atoms with Gasteiger partial charge in [0.05, 0.1) is 37.6 Å². The minimum Gasteiger partial charge on any atom is -0.496 e. The van der Waals surface area contributed by atoms with E-state index in [4.69, 9.17) is 14.6 Å². The Hall–Kier alpha value is -2.83. The molecule has 1 aromatic heterocycles. The van der Waals surface area contributed by atoms with E-state index in [2.05, 4.69) is 5.32 Å². The van der Waals surface area contributed by atoms with E-state index >= 15 is 0 Å². The van der Waals surface area contributed by atoms with Crippen molar-refractivity contribution in [2.24, 2.45) is 11.8 Å². The average Bonchev–Trinajstić information content (AvgIpc) is 3.52. The quantitative estimate of drug-likeness (QED) is 0.432. The molecule has 0 spiro atoms. The molecule has 3 aliphatic carbocycles. The Kier molecular flexibility index (Phi) is 7.63. The Balaban J connectivity index is 1.44. The van der Waals surface area contributed by atoms with Crippen LogP contribution in [0.4, 0.5) is 0 Å². The van der Waals surface area contributed by atoms with Crippen LogP contribution in [0.15, 0.2) is 24.3 Å². The maximum atomic E-state index is 13.5. The monoisotopic (exact) mass is 493 g/mol. The fraction of sp³-hybridized carbons (Fsp3) is 0.621. The number of carbonyl (C=O) groups excluding carboxylic acids is 2. The van der Waals surface area contributed by atoms with E-state index in [1.54, 1.807) is 14.2 Å². The number of Topliss-reactive ketones (excluding diaryl/α,β-unsaturated/α-hetero) is 1. The number of hydrogen-bond acceptors (Lipinski definition) is 5. The molecule has 0 radical (unpaired) electrons. The first-order valence-electron chi connectivity index (χ1n) is 13.7. The third-order valence-corrected chi connectivity index (χ3v) is 8.53. The molecule has 0 bridgehead atoms. The first-order chi connectivity index (χ1) is 17.6. The molecule has 36 heavy (non-hydrogen) atoms. The van der Waals surface area contributed by atoms with E-state index in [0.29, 0.717) is 35.4 Å². The summed E-state index contributed by atoms with van der Waals surface area (Å²) in [5.41, 5.74) is 1.96. The highest BCUT2D eigenvalue weighted by molar-refractivity contribution is 5.97. The number of nitrogens with one attached hydrogen (secondary N) is 1. The van der Waals surface area contributed by atoms with Crippen molar-refractivity contribution in [3.63, 3.8) is 0 Å². The minimum atomic E-state index is -0.427. The van der Waals surface area contributed by atoms with Gasteiger partial charge in [0.2, 0.25) is 0 Å². The standard InChI is InChI=1S/C29H39N3O4/c1-35-26-14-7-15-27(36-2)28(26)24-18-23(31-32(24)21-12-3-4-13-21)29(34)30-22(16-19-8-5-9-19)25(33)17-20-10-6-11-20/h7,14-15,18-22H,3-6,8-13,16-17H2,1-2H3,(H,30,34)/t22-/m0/s1. The van der Waals surface area contributed by atoms with Gasteiger partial charge in [0.15, 0.2) is 11.5 Å². The summed E-state index contributed by atoms with van der Waals surface area (Å²) in [4.78, 5) is 26.7. The summed E-state index contributed by atoms with van der Waals surface area (Å²) >= 11 is 0. The smallest absolute Gasteiger partial charge is 0.272 e. The number of carbonyl (C=O) groups is 2. The predicted molar refractivity (Wildman–Crippen MR) is 138 cm³/mol. The number of amides is 1. The highest BCUT2D eigenvalue weighted by Crippen LogP contribution is 2.42. The topological polar surface area (TPSA) is 82.4 Å². The molecular formula is C29H39N3O4. The van der Waals surface area contributed by atoms with Crippen molar-refractivity contribution in [3.05, 3.63) is 30.0 Å². The van der Waals surface area contributed by atoms with Crippen molar-refractivity contribution in [2.75, 3.05) is 14.2 Å². The van der Waals surface area contributed by atoms with Crippen molar-refractivity contribution < 1.29 is 19.1 Å². The third kappa shape index (κ3) is 5.16. The van der Waals surface area contributed by atoms with Gasteiger partial charge in [-0.1, -0.05) is 57.4 Å². The zero-order valence-corrected chi connectivity index (χ0v) is 21.6. The van der Waals surface area contributed by atoms with Crippen LogP contribution in [0.3, 0.4) is 0 Å². The molecule has 3 saturated carbocycles. The summed E-state index contributed by atoms with van der Waals surface area (Å²) in [7, 11) is 3.28. The number of benzene rings is 1. The number of aromatic nitrogens is 2. The fourth-order valence-corrected chi connectivity index (χ4v) is 5.91. The Morgan fingerprint density at radius 1 is 0.972 bits per heavy atom. The Morgan fingerprint density at radius 3 is 2.17 bits per heavy atom. The molecule has 3 aliphatic rings. The van der Waals surface area contributed by atoms with Crippen LogP contribution in [-0.2, 0) is 4.79 Å². The van der Waals surface area contributed by atoms with E-state index in [1.165, 1.54) is 12.8 Å². The van der Waals surface area contributed by atoms with Gasteiger partial charge in [-0.15, -0.1) is 0 Å². The molecule has 1 N–H and O–H groups in total. The van der Waals surface area contributed by atoms with Crippen molar-refractivity contribution in [1.82, 2.24) is 15.1 Å². The summed E-state index contributed by atoms with van der Waals surface area (Å²) in [6.45, 7) is 0. The van der Waals surface area contributed by atoms with Crippen LogP contribution in [0, 0.1) is 11.8 Å². The Bertz CT molecular complexity index is 1060. The van der Waals surface area contributed by atoms with Gasteiger partial charge in [-0.25, -0.2) is 0 Å². The average molecular weight is 494 g/mol. The van der Waals surface area contributed by atoms with Gasteiger partial charge in [0, 0.05) is 6.42 Å². The molecule has 1 atom stereocenters.